The minimum absolute atomic E-state index is 0.421. The Morgan fingerprint density at radius 1 is 0.861 bits per heavy atom. The molecule has 188 valence electrons. The summed E-state index contributed by atoms with van der Waals surface area (Å²) in [5, 5.41) is 11.9. The van der Waals surface area contributed by atoms with Crippen molar-refractivity contribution in [1.82, 2.24) is 4.57 Å². The molecule has 36 heavy (non-hydrogen) atoms. The summed E-state index contributed by atoms with van der Waals surface area (Å²) in [6.07, 6.45) is 2.65. The summed E-state index contributed by atoms with van der Waals surface area (Å²) in [7, 11) is 7.51. The standard InChI is InChI=1S/C31H36N2O3/c1-6-27(29-21-33(20-24(34)19-32(2)3)30-10-8-7-9-28(29)30)31(22-11-15-25(35-4)16-12-22)23-13-17-26(36-5)18-14-23/h7-18,21,24,34H,6,19-20H2,1-5H3/p+1/t24-/m1/s1. The predicted octanol–water partition coefficient (Wildman–Crippen LogP) is 4.53. The van der Waals surface area contributed by atoms with Gasteiger partial charge in [0.2, 0.25) is 0 Å². The Hall–Kier alpha value is -3.54. The molecule has 0 spiro atoms. The van der Waals surface area contributed by atoms with Gasteiger partial charge in [-0.1, -0.05) is 49.4 Å². The number of fused-ring (bicyclic) bond motifs is 1. The lowest BCUT2D eigenvalue weighted by Crippen LogP contribution is -3.07. The highest BCUT2D eigenvalue weighted by atomic mass is 16.5. The third kappa shape index (κ3) is 5.48. The van der Waals surface area contributed by atoms with Crippen molar-refractivity contribution in [1.29, 1.82) is 0 Å². The molecule has 0 amide bonds. The highest BCUT2D eigenvalue weighted by Gasteiger charge is 2.19. The number of nitrogens with one attached hydrogen (secondary N) is 1. The zero-order valence-electron chi connectivity index (χ0n) is 21.9. The molecule has 0 aliphatic rings. The number of likely N-dealkylation sites (N-methyl/N-ethyl adjacent to an activating group) is 1. The van der Waals surface area contributed by atoms with E-state index < -0.39 is 6.10 Å². The van der Waals surface area contributed by atoms with Crippen molar-refractivity contribution in [2.75, 3.05) is 34.9 Å². The average Bonchev–Trinajstić information content (AvgIpc) is 3.24. The number of quaternary nitrogens is 1. The first kappa shape index (κ1) is 25.5. The van der Waals surface area contributed by atoms with Crippen molar-refractivity contribution >= 4 is 22.0 Å². The molecule has 2 N–H and O–H groups in total. The zero-order valence-corrected chi connectivity index (χ0v) is 21.9. The second-order valence-corrected chi connectivity index (χ2v) is 9.44. The van der Waals surface area contributed by atoms with E-state index in [2.05, 4.69) is 80.3 Å². The van der Waals surface area contributed by atoms with E-state index in [0.29, 0.717) is 13.1 Å². The van der Waals surface area contributed by atoms with Crippen LogP contribution in [0, 0.1) is 0 Å². The molecule has 4 rings (SSSR count). The van der Waals surface area contributed by atoms with Crippen molar-refractivity contribution in [2.45, 2.75) is 26.0 Å². The maximum atomic E-state index is 10.7. The topological polar surface area (TPSA) is 48.1 Å². The molecular formula is C31H37N2O3+. The van der Waals surface area contributed by atoms with Crippen LogP contribution >= 0.6 is 0 Å². The molecule has 0 bridgehead atoms. The van der Waals surface area contributed by atoms with E-state index in [1.807, 2.05) is 24.3 Å². The third-order valence-electron chi connectivity index (χ3n) is 6.58. The molecule has 1 aromatic heterocycles. The number of benzene rings is 3. The third-order valence-corrected chi connectivity index (χ3v) is 6.58. The van der Waals surface area contributed by atoms with E-state index in [1.165, 1.54) is 27.0 Å². The number of allylic oxidation sites excluding steroid dienone is 1. The quantitative estimate of drug-likeness (QED) is 0.347. The van der Waals surface area contributed by atoms with Crippen LogP contribution in [0.5, 0.6) is 11.5 Å². The van der Waals surface area contributed by atoms with E-state index in [4.69, 9.17) is 9.47 Å². The Labute approximate surface area is 214 Å². The minimum atomic E-state index is -0.421. The van der Waals surface area contributed by atoms with Gasteiger partial charge in [0.05, 0.1) is 34.9 Å². The predicted molar refractivity (Wildman–Crippen MR) is 148 cm³/mol. The molecule has 0 aliphatic carbocycles. The van der Waals surface area contributed by atoms with Gasteiger partial charge in [-0.2, -0.15) is 0 Å². The van der Waals surface area contributed by atoms with Gasteiger partial charge >= 0.3 is 0 Å². The Morgan fingerprint density at radius 3 is 1.92 bits per heavy atom. The van der Waals surface area contributed by atoms with Gasteiger partial charge in [-0.3, -0.25) is 0 Å². The Kier molecular flexibility index (Phi) is 8.14. The summed E-state index contributed by atoms with van der Waals surface area (Å²) in [4.78, 5) is 1.23. The molecule has 1 heterocycles. The molecule has 0 saturated carbocycles. The van der Waals surface area contributed by atoms with E-state index in [9.17, 15) is 5.11 Å². The lowest BCUT2D eigenvalue weighted by molar-refractivity contribution is -0.861. The molecule has 5 heteroatoms. The first-order valence-corrected chi connectivity index (χ1v) is 12.5. The molecule has 0 unspecified atom stereocenters. The Bertz CT molecular complexity index is 1270. The van der Waals surface area contributed by atoms with Crippen molar-refractivity contribution in [2.24, 2.45) is 0 Å². The number of nitrogens with zero attached hydrogens (tertiary/aromatic N) is 1. The summed E-state index contributed by atoms with van der Waals surface area (Å²) in [6.45, 7) is 3.46. The lowest BCUT2D eigenvalue weighted by Gasteiger charge is -2.17. The van der Waals surface area contributed by atoms with E-state index >= 15 is 0 Å². The average molecular weight is 486 g/mol. The number of para-hydroxylation sites is 1. The molecule has 0 saturated heterocycles. The van der Waals surface area contributed by atoms with Crippen LogP contribution in [-0.4, -0.2) is 50.6 Å². The largest absolute Gasteiger partial charge is 0.497 e. The second kappa shape index (κ2) is 11.5. The van der Waals surface area contributed by atoms with Crippen LogP contribution < -0.4 is 14.4 Å². The summed E-state index contributed by atoms with van der Waals surface area (Å²) in [6, 6.07) is 25.0. The van der Waals surface area contributed by atoms with Gasteiger partial charge in [0.1, 0.15) is 24.1 Å². The van der Waals surface area contributed by atoms with Crippen LogP contribution in [0.1, 0.15) is 30.0 Å². The Morgan fingerprint density at radius 2 is 1.42 bits per heavy atom. The van der Waals surface area contributed by atoms with Crippen LogP contribution in [0.15, 0.2) is 79.0 Å². The van der Waals surface area contributed by atoms with Gasteiger partial charge in [0.15, 0.2) is 0 Å². The van der Waals surface area contributed by atoms with Crippen molar-refractivity contribution < 1.29 is 19.5 Å². The maximum Gasteiger partial charge on any atom is 0.121 e. The molecule has 3 aromatic carbocycles. The number of ether oxygens (including phenoxy) is 2. The smallest absolute Gasteiger partial charge is 0.121 e. The van der Waals surface area contributed by atoms with Crippen molar-refractivity contribution in [3.63, 3.8) is 0 Å². The van der Waals surface area contributed by atoms with Crippen LogP contribution in [0.4, 0.5) is 0 Å². The molecular weight excluding hydrogens is 448 g/mol. The van der Waals surface area contributed by atoms with Crippen LogP contribution in [0.3, 0.4) is 0 Å². The van der Waals surface area contributed by atoms with E-state index in [-0.39, 0.29) is 0 Å². The highest BCUT2D eigenvalue weighted by Crippen LogP contribution is 2.39. The number of methoxy groups -OCH3 is 2. The van der Waals surface area contributed by atoms with E-state index in [1.54, 1.807) is 14.2 Å². The number of rotatable bonds is 10. The fourth-order valence-corrected chi connectivity index (χ4v) is 4.93. The highest BCUT2D eigenvalue weighted by molar-refractivity contribution is 6.05. The lowest BCUT2D eigenvalue weighted by atomic mass is 9.88. The van der Waals surface area contributed by atoms with Crippen molar-refractivity contribution in [3.8, 4) is 11.5 Å². The van der Waals surface area contributed by atoms with Gasteiger partial charge in [-0.15, -0.1) is 0 Å². The number of hydrogen-bond donors (Lipinski definition) is 2. The van der Waals surface area contributed by atoms with Gasteiger partial charge < -0.3 is 24.0 Å². The maximum absolute atomic E-state index is 10.7. The van der Waals surface area contributed by atoms with Gasteiger partial charge in [0, 0.05) is 22.7 Å². The van der Waals surface area contributed by atoms with Crippen LogP contribution in [0.25, 0.3) is 22.0 Å². The number of hydrogen-bond acceptors (Lipinski definition) is 3. The molecule has 1 atom stereocenters. The number of aliphatic hydroxyl groups excluding tert-OH is 1. The van der Waals surface area contributed by atoms with Gasteiger partial charge in [0.25, 0.3) is 0 Å². The van der Waals surface area contributed by atoms with Crippen LogP contribution in [0.2, 0.25) is 0 Å². The number of aromatic nitrogens is 1. The molecule has 5 nitrogen and oxygen atoms in total. The monoisotopic (exact) mass is 485 g/mol. The summed E-state index contributed by atoms with van der Waals surface area (Å²) in [5.74, 6) is 1.67. The fourth-order valence-electron chi connectivity index (χ4n) is 4.93. The summed E-state index contributed by atoms with van der Waals surface area (Å²) >= 11 is 0. The second-order valence-electron chi connectivity index (χ2n) is 9.44. The normalized spacial score (nSPS) is 12.1. The molecule has 4 aromatic rings. The first-order valence-electron chi connectivity index (χ1n) is 12.5. The van der Waals surface area contributed by atoms with E-state index in [0.717, 1.165) is 34.6 Å². The summed E-state index contributed by atoms with van der Waals surface area (Å²) < 4.78 is 13.0. The fraction of sp³-hybridized carbons (Fsp3) is 0.290. The van der Waals surface area contributed by atoms with Crippen LogP contribution in [-0.2, 0) is 6.54 Å². The van der Waals surface area contributed by atoms with Gasteiger partial charge in [-0.25, -0.2) is 0 Å². The van der Waals surface area contributed by atoms with Crippen molar-refractivity contribution in [3.05, 3.63) is 95.7 Å². The zero-order chi connectivity index (χ0) is 25.7. The molecule has 0 fully saturated rings. The molecule has 0 aliphatic heterocycles. The minimum Gasteiger partial charge on any atom is -0.497 e. The first-order chi connectivity index (χ1) is 17.4. The molecule has 0 radical (unpaired) electrons. The SMILES string of the molecule is CCC(=C(c1ccc(OC)cc1)c1ccc(OC)cc1)c1cn(C[C@H](O)C[NH+](C)C)c2ccccc12. The Balaban J connectivity index is 1.93. The van der Waals surface area contributed by atoms with Gasteiger partial charge in [-0.05, 0) is 59.0 Å². The number of aliphatic hydroxyl groups is 1. The summed E-state index contributed by atoms with van der Waals surface area (Å²) in [5.41, 5.74) is 7.03.